The minimum Gasteiger partial charge on any atom is -0.341 e. The summed E-state index contributed by atoms with van der Waals surface area (Å²) >= 11 is 4.76. The van der Waals surface area contributed by atoms with E-state index in [-0.39, 0.29) is 0 Å². The van der Waals surface area contributed by atoms with Crippen LogP contribution in [0.4, 0.5) is 17.0 Å². The zero-order chi connectivity index (χ0) is 19.9. The van der Waals surface area contributed by atoms with Gasteiger partial charge in [0.2, 0.25) is 11.9 Å². The van der Waals surface area contributed by atoms with Crippen LogP contribution in [0.1, 0.15) is 12.8 Å². The molecular weight excluding hydrogens is 420 g/mol. The molecule has 1 saturated heterocycles. The summed E-state index contributed by atoms with van der Waals surface area (Å²) in [4.78, 5) is 22.9. The molecule has 6 nitrogen and oxygen atoms in total. The first-order valence-corrected chi connectivity index (χ1v) is 11.8. The van der Waals surface area contributed by atoms with Crippen LogP contribution < -0.4 is 10.2 Å². The first-order valence-electron chi connectivity index (χ1n) is 9.20. The van der Waals surface area contributed by atoms with E-state index in [9.17, 15) is 0 Å². The second-order valence-electron chi connectivity index (χ2n) is 6.13. The van der Waals surface area contributed by atoms with Gasteiger partial charge < -0.3 is 4.90 Å². The summed E-state index contributed by atoms with van der Waals surface area (Å²) in [6, 6.07) is 4.14. The lowest BCUT2D eigenvalue weighted by Crippen LogP contribution is -2.21. The Morgan fingerprint density at radius 3 is 2.79 bits per heavy atom. The van der Waals surface area contributed by atoms with Gasteiger partial charge in [0.15, 0.2) is 10.3 Å². The Balaban J connectivity index is 1.55. The summed E-state index contributed by atoms with van der Waals surface area (Å²) in [5.74, 6) is 1.24. The topological polar surface area (TPSA) is 66.8 Å². The average molecular weight is 441 g/mol. The Bertz CT molecular complexity index is 1000. The number of hydrogen-bond donors (Lipinski definition) is 1. The number of rotatable bonds is 8. The largest absolute Gasteiger partial charge is 0.341 e. The van der Waals surface area contributed by atoms with Crippen molar-refractivity contribution in [3.8, 4) is 9.75 Å². The van der Waals surface area contributed by atoms with Crippen molar-refractivity contribution in [2.45, 2.75) is 18.0 Å². The molecule has 1 N–H and O–H groups in total. The lowest BCUT2D eigenvalue weighted by atomic mass is 10.4. The molecule has 0 aromatic carbocycles. The fourth-order valence-electron chi connectivity index (χ4n) is 2.76. The van der Waals surface area contributed by atoms with Gasteiger partial charge in [-0.05, 0) is 29.7 Å². The predicted molar refractivity (Wildman–Crippen MR) is 124 cm³/mol. The summed E-state index contributed by atoms with van der Waals surface area (Å²) in [7, 11) is 0. The molecule has 3 aromatic heterocycles. The SMILES string of the molecule is C=C/C=C\C=C\Sc1nc(Nc2ncc(-c3cccs3)s2)nc(N2CCCC2)n1. The van der Waals surface area contributed by atoms with Gasteiger partial charge in [0.25, 0.3) is 0 Å². The molecule has 1 aliphatic heterocycles. The standard InChI is InChI=1S/C20H20N6S3/c1-2-3-4-7-12-28-20-24-17(22-18(25-20)26-10-5-6-11-26)23-19-21-14-16(29-19)15-9-8-13-27-15/h2-4,7-9,12-14H,1,5-6,10-11H2,(H,21,22,23,24,25)/b4-3-,12-7+. The Morgan fingerprint density at radius 2 is 2.00 bits per heavy atom. The third-order valence-corrected chi connectivity index (χ3v) is 6.76. The van der Waals surface area contributed by atoms with Crippen molar-refractivity contribution in [3.05, 3.63) is 60.0 Å². The van der Waals surface area contributed by atoms with Crippen molar-refractivity contribution in [3.63, 3.8) is 0 Å². The minimum atomic E-state index is 0.520. The van der Waals surface area contributed by atoms with E-state index in [1.807, 2.05) is 35.9 Å². The van der Waals surface area contributed by atoms with Crippen LogP contribution in [0.2, 0.25) is 0 Å². The predicted octanol–water partition coefficient (Wildman–Crippen LogP) is 5.75. The van der Waals surface area contributed by atoms with Gasteiger partial charge in [-0.3, -0.25) is 5.32 Å². The highest BCUT2D eigenvalue weighted by molar-refractivity contribution is 8.02. The summed E-state index contributed by atoms with van der Waals surface area (Å²) < 4.78 is 0. The van der Waals surface area contributed by atoms with Crippen molar-refractivity contribution < 1.29 is 0 Å². The lowest BCUT2D eigenvalue weighted by Gasteiger charge is -2.16. The van der Waals surface area contributed by atoms with Gasteiger partial charge in [0.1, 0.15) is 0 Å². The van der Waals surface area contributed by atoms with Gasteiger partial charge in [-0.15, -0.1) is 11.3 Å². The molecule has 0 atom stereocenters. The van der Waals surface area contributed by atoms with Crippen LogP contribution in [0.5, 0.6) is 0 Å². The zero-order valence-electron chi connectivity index (χ0n) is 15.7. The quantitative estimate of drug-likeness (QED) is 0.353. The molecule has 3 aromatic rings. The van der Waals surface area contributed by atoms with E-state index >= 15 is 0 Å². The number of anilines is 3. The number of thiophene rings is 1. The van der Waals surface area contributed by atoms with Crippen molar-refractivity contribution in [2.75, 3.05) is 23.3 Å². The van der Waals surface area contributed by atoms with E-state index in [4.69, 9.17) is 0 Å². The maximum absolute atomic E-state index is 4.64. The van der Waals surface area contributed by atoms with Crippen molar-refractivity contribution >= 4 is 51.5 Å². The van der Waals surface area contributed by atoms with E-state index in [1.54, 1.807) is 28.7 Å². The number of allylic oxidation sites excluding steroid dienone is 4. The Kier molecular flexibility index (Phi) is 6.71. The van der Waals surface area contributed by atoms with Crippen molar-refractivity contribution in [2.24, 2.45) is 0 Å². The molecule has 0 spiro atoms. The van der Waals surface area contributed by atoms with Crippen LogP contribution in [0.25, 0.3) is 9.75 Å². The first kappa shape index (κ1) is 19.8. The fraction of sp³-hybridized carbons (Fsp3) is 0.200. The summed E-state index contributed by atoms with van der Waals surface area (Å²) in [5.41, 5.74) is 0. The minimum absolute atomic E-state index is 0.520. The van der Waals surface area contributed by atoms with Crippen molar-refractivity contribution in [1.29, 1.82) is 0 Å². The third-order valence-electron chi connectivity index (χ3n) is 4.09. The normalized spacial score (nSPS) is 14.3. The van der Waals surface area contributed by atoms with Crippen LogP contribution >= 0.6 is 34.4 Å². The van der Waals surface area contributed by atoms with Gasteiger partial charge in [-0.25, -0.2) is 4.98 Å². The van der Waals surface area contributed by atoms with E-state index in [2.05, 4.69) is 48.2 Å². The zero-order valence-corrected chi connectivity index (χ0v) is 18.1. The molecule has 148 valence electrons. The lowest BCUT2D eigenvalue weighted by molar-refractivity contribution is 0.833. The van der Waals surface area contributed by atoms with Crippen LogP contribution in [-0.4, -0.2) is 33.0 Å². The Morgan fingerprint density at radius 1 is 1.10 bits per heavy atom. The fourth-order valence-corrected chi connectivity index (χ4v) is 4.96. The summed E-state index contributed by atoms with van der Waals surface area (Å²) in [6.07, 6.45) is 11.7. The highest BCUT2D eigenvalue weighted by Gasteiger charge is 2.18. The summed E-state index contributed by atoms with van der Waals surface area (Å²) in [6.45, 7) is 5.62. The van der Waals surface area contributed by atoms with Crippen LogP contribution in [0.3, 0.4) is 0 Å². The molecule has 4 heterocycles. The van der Waals surface area contributed by atoms with Crippen molar-refractivity contribution in [1.82, 2.24) is 19.9 Å². The number of thioether (sulfide) groups is 1. The highest BCUT2D eigenvalue weighted by atomic mass is 32.2. The molecule has 0 radical (unpaired) electrons. The van der Waals surface area contributed by atoms with Gasteiger partial charge in [0.05, 0.1) is 4.88 Å². The highest BCUT2D eigenvalue weighted by Crippen LogP contribution is 2.33. The van der Waals surface area contributed by atoms with Gasteiger partial charge in [-0.1, -0.05) is 60.0 Å². The molecule has 0 bridgehead atoms. The number of hydrogen-bond acceptors (Lipinski definition) is 9. The van der Waals surface area contributed by atoms with Gasteiger partial charge in [-0.2, -0.15) is 15.0 Å². The van der Waals surface area contributed by atoms with Crippen LogP contribution in [0.15, 0.2) is 65.2 Å². The third kappa shape index (κ3) is 5.31. The maximum atomic E-state index is 4.64. The number of nitrogens with zero attached hydrogens (tertiary/aromatic N) is 5. The molecule has 0 unspecified atom stereocenters. The second kappa shape index (κ2) is 9.82. The first-order chi connectivity index (χ1) is 14.3. The Hall–Kier alpha value is -2.49. The molecule has 0 amide bonds. The van der Waals surface area contributed by atoms with E-state index in [0.29, 0.717) is 17.1 Å². The molecule has 29 heavy (non-hydrogen) atoms. The molecule has 0 aliphatic carbocycles. The van der Waals surface area contributed by atoms with Crippen LogP contribution in [-0.2, 0) is 0 Å². The molecule has 9 heteroatoms. The molecule has 4 rings (SSSR count). The number of nitrogens with one attached hydrogen (secondary N) is 1. The summed E-state index contributed by atoms with van der Waals surface area (Å²) in [5, 5.41) is 8.70. The second-order valence-corrected chi connectivity index (χ2v) is 8.99. The number of thiazole rings is 1. The van der Waals surface area contributed by atoms with Crippen LogP contribution in [0, 0.1) is 0 Å². The average Bonchev–Trinajstić information content (AvgIpc) is 3.49. The maximum Gasteiger partial charge on any atom is 0.234 e. The van der Waals surface area contributed by atoms with Gasteiger partial charge >= 0.3 is 0 Å². The van der Waals surface area contributed by atoms with E-state index in [1.165, 1.54) is 29.5 Å². The van der Waals surface area contributed by atoms with E-state index in [0.717, 1.165) is 23.1 Å². The smallest absolute Gasteiger partial charge is 0.234 e. The number of aromatic nitrogens is 4. The molecular formula is C20H20N6S3. The molecule has 1 fully saturated rings. The van der Waals surface area contributed by atoms with Gasteiger partial charge in [0, 0.05) is 24.2 Å². The Labute approximate surface area is 182 Å². The van der Waals surface area contributed by atoms with E-state index < -0.39 is 0 Å². The molecule has 0 saturated carbocycles. The molecule has 1 aliphatic rings. The monoisotopic (exact) mass is 440 g/mol.